The highest BCUT2D eigenvalue weighted by atomic mass is 16.2. The van der Waals surface area contributed by atoms with Gasteiger partial charge in [0.25, 0.3) is 11.5 Å². The summed E-state index contributed by atoms with van der Waals surface area (Å²) in [4.78, 5) is 27.2. The van der Waals surface area contributed by atoms with E-state index < -0.39 is 6.04 Å². The van der Waals surface area contributed by atoms with E-state index in [0.29, 0.717) is 12.2 Å². The largest absolute Gasteiger partial charge is 0.307 e. The van der Waals surface area contributed by atoms with E-state index in [1.165, 1.54) is 10.7 Å². The number of aryl methyl sites for hydroxylation is 1. The second-order valence-corrected chi connectivity index (χ2v) is 6.62. The molecule has 1 heterocycles. The molecular formula is C23H23N3O2. The predicted molar refractivity (Wildman–Crippen MR) is 112 cm³/mol. The summed E-state index contributed by atoms with van der Waals surface area (Å²) in [5.41, 5.74) is 3.12. The van der Waals surface area contributed by atoms with Gasteiger partial charge in [0.2, 0.25) is 0 Å². The van der Waals surface area contributed by atoms with Crippen LogP contribution in [0.2, 0.25) is 0 Å². The average Bonchev–Trinajstić information content (AvgIpc) is 2.72. The van der Waals surface area contributed by atoms with Crippen LogP contribution >= 0.6 is 0 Å². The molecule has 3 aromatic rings. The number of carbonyl (C=O) groups is 1. The fourth-order valence-corrected chi connectivity index (χ4v) is 2.97. The van der Waals surface area contributed by atoms with Gasteiger partial charge in [0.15, 0.2) is 0 Å². The molecule has 3 rings (SSSR count). The Hall–Kier alpha value is -3.47. The van der Waals surface area contributed by atoms with Gasteiger partial charge in [-0.05, 0) is 32.0 Å². The Morgan fingerprint density at radius 2 is 1.79 bits per heavy atom. The quantitative estimate of drug-likeness (QED) is 0.614. The van der Waals surface area contributed by atoms with E-state index in [1.807, 2.05) is 61.5 Å². The van der Waals surface area contributed by atoms with Gasteiger partial charge in [-0.1, -0.05) is 54.1 Å². The van der Waals surface area contributed by atoms with E-state index in [2.05, 4.69) is 11.7 Å². The zero-order valence-electron chi connectivity index (χ0n) is 16.1. The van der Waals surface area contributed by atoms with E-state index in [1.54, 1.807) is 24.0 Å². The number of benzene rings is 2. The standard InChI is InChI=1S/C23H23N3O2/c1-4-16-25(20-8-6-5-7-9-20)23(28)18(3)26-22(27)15-14-21(24-26)19-12-10-17(2)11-13-19/h4-15,18H,1,16H2,2-3H3/t18-/m1/s1. The second kappa shape index (κ2) is 8.48. The Bertz CT molecular complexity index is 1020. The highest BCUT2D eigenvalue weighted by Gasteiger charge is 2.24. The topological polar surface area (TPSA) is 55.2 Å². The first-order chi connectivity index (χ1) is 13.5. The molecule has 0 unspecified atom stereocenters. The maximum Gasteiger partial charge on any atom is 0.267 e. The summed E-state index contributed by atoms with van der Waals surface area (Å²) in [6, 6.07) is 19.6. The van der Waals surface area contributed by atoms with Crippen LogP contribution in [0.3, 0.4) is 0 Å². The first-order valence-corrected chi connectivity index (χ1v) is 9.15. The minimum absolute atomic E-state index is 0.221. The number of anilines is 1. The maximum atomic E-state index is 13.2. The molecule has 0 spiro atoms. The van der Waals surface area contributed by atoms with Crippen LogP contribution < -0.4 is 10.5 Å². The van der Waals surface area contributed by atoms with Gasteiger partial charge >= 0.3 is 0 Å². The lowest BCUT2D eigenvalue weighted by Gasteiger charge is -2.25. The van der Waals surface area contributed by atoms with Gasteiger partial charge in [-0.15, -0.1) is 6.58 Å². The van der Waals surface area contributed by atoms with Gasteiger partial charge < -0.3 is 4.90 Å². The second-order valence-electron chi connectivity index (χ2n) is 6.62. The highest BCUT2D eigenvalue weighted by Crippen LogP contribution is 2.20. The Kier molecular flexibility index (Phi) is 5.84. The Balaban J connectivity index is 1.96. The van der Waals surface area contributed by atoms with Crippen molar-refractivity contribution in [1.82, 2.24) is 9.78 Å². The summed E-state index contributed by atoms with van der Waals surface area (Å²) >= 11 is 0. The summed E-state index contributed by atoms with van der Waals surface area (Å²) in [7, 11) is 0. The van der Waals surface area contributed by atoms with Crippen LogP contribution in [0.4, 0.5) is 5.69 Å². The fourth-order valence-electron chi connectivity index (χ4n) is 2.97. The van der Waals surface area contributed by atoms with E-state index in [9.17, 15) is 9.59 Å². The van der Waals surface area contributed by atoms with E-state index in [0.717, 1.165) is 16.8 Å². The van der Waals surface area contributed by atoms with E-state index in [-0.39, 0.29) is 11.5 Å². The van der Waals surface area contributed by atoms with Crippen molar-refractivity contribution in [2.75, 3.05) is 11.4 Å². The first kappa shape index (κ1) is 19.3. The van der Waals surface area contributed by atoms with Crippen LogP contribution in [-0.2, 0) is 4.79 Å². The lowest BCUT2D eigenvalue weighted by atomic mass is 10.1. The summed E-state index contributed by atoms with van der Waals surface area (Å²) in [6.07, 6.45) is 1.66. The molecular weight excluding hydrogens is 350 g/mol. The molecule has 0 saturated carbocycles. The van der Waals surface area contributed by atoms with Crippen molar-refractivity contribution in [3.8, 4) is 11.3 Å². The summed E-state index contributed by atoms with van der Waals surface area (Å²) < 4.78 is 1.25. The molecule has 28 heavy (non-hydrogen) atoms. The van der Waals surface area contributed by atoms with E-state index >= 15 is 0 Å². The number of rotatable bonds is 6. The Morgan fingerprint density at radius 3 is 2.43 bits per heavy atom. The van der Waals surface area contributed by atoms with Crippen molar-refractivity contribution in [1.29, 1.82) is 0 Å². The number of aromatic nitrogens is 2. The van der Waals surface area contributed by atoms with Crippen LogP contribution in [0.5, 0.6) is 0 Å². The summed E-state index contributed by atoms with van der Waals surface area (Å²) in [5, 5.41) is 4.46. The van der Waals surface area contributed by atoms with Crippen LogP contribution in [0.15, 0.2) is 84.2 Å². The van der Waals surface area contributed by atoms with Crippen molar-refractivity contribution >= 4 is 11.6 Å². The third-order valence-corrected chi connectivity index (χ3v) is 4.54. The lowest BCUT2D eigenvalue weighted by molar-refractivity contribution is -0.121. The molecule has 0 bridgehead atoms. The molecule has 5 heteroatoms. The molecule has 142 valence electrons. The molecule has 0 aliphatic rings. The molecule has 0 fully saturated rings. The van der Waals surface area contributed by atoms with Gasteiger partial charge in [-0.3, -0.25) is 9.59 Å². The normalized spacial score (nSPS) is 11.6. The van der Waals surface area contributed by atoms with Crippen LogP contribution in [0, 0.1) is 6.92 Å². The molecule has 0 N–H and O–H groups in total. The van der Waals surface area contributed by atoms with Gasteiger partial charge in [-0.2, -0.15) is 5.10 Å². The number of amides is 1. The van der Waals surface area contributed by atoms with Crippen molar-refractivity contribution in [3.63, 3.8) is 0 Å². The van der Waals surface area contributed by atoms with Crippen molar-refractivity contribution in [2.45, 2.75) is 19.9 Å². The Morgan fingerprint density at radius 1 is 1.11 bits per heavy atom. The van der Waals surface area contributed by atoms with Crippen molar-refractivity contribution in [3.05, 3.63) is 95.3 Å². The third-order valence-electron chi connectivity index (χ3n) is 4.54. The number of hydrogen-bond acceptors (Lipinski definition) is 3. The lowest BCUT2D eigenvalue weighted by Crippen LogP contribution is -2.40. The minimum atomic E-state index is -0.752. The van der Waals surface area contributed by atoms with Crippen LogP contribution in [0.1, 0.15) is 18.5 Å². The third kappa shape index (κ3) is 4.09. The highest BCUT2D eigenvalue weighted by molar-refractivity contribution is 5.96. The molecule has 0 radical (unpaired) electrons. The zero-order chi connectivity index (χ0) is 20.1. The number of para-hydroxylation sites is 1. The summed E-state index contributed by atoms with van der Waals surface area (Å²) in [5.74, 6) is -0.221. The minimum Gasteiger partial charge on any atom is -0.307 e. The van der Waals surface area contributed by atoms with Gasteiger partial charge in [-0.25, -0.2) is 4.68 Å². The monoisotopic (exact) mass is 373 g/mol. The van der Waals surface area contributed by atoms with Crippen molar-refractivity contribution < 1.29 is 4.79 Å². The zero-order valence-corrected chi connectivity index (χ0v) is 16.1. The van der Waals surface area contributed by atoms with Gasteiger partial charge in [0, 0.05) is 23.9 Å². The molecule has 0 aliphatic carbocycles. The molecule has 5 nitrogen and oxygen atoms in total. The first-order valence-electron chi connectivity index (χ1n) is 9.15. The smallest absolute Gasteiger partial charge is 0.267 e. The molecule has 1 atom stereocenters. The van der Waals surface area contributed by atoms with Gasteiger partial charge in [0.05, 0.1) is 5.69 Å². The molecule has 1 aromatic heterocycles. The summed E-state index contributed by atoms with van der Waals surface area (Å²) in [6.45, 7) is 7.79. The van der Waals surface area contributed by atoms with Gasteiger partial charge in [0.1, 0.15) is 6.04 Å². The number of nitrogens with zero attached hydrogens (tertiary/aromatic N) is 3. The molecule has 1 amide bonds. The predicted octanol–water partition coefficient (Wildman–Crippen LogP) is 4.00. The average molecular weight is 373 g/mol. The number of hydrogen-bond donors (Lipinski definition) is 0. The maximum absolute atomic E-state index is 13.2. The van der Waals surface area contributed by atoms with Crippen LogP contribution in [-0.4, -0.2) is 22.2 Å². The van der Waals surface area contributed by atoms with E-state index in [4.69, 9.17) is 0 Å². The van der Waals surface area contributed by atoms with Crippen LogP contribution in [0.25, 0.3) is 11.3 Å². The molecule has 0 aliphatic heterocycles. The Labute approximate surface area is 164 Å². The SMILES string of the molecule is C=CCN(C(=O)[C@@H](C)n1nc(-c2ccc(C)cc2)ccc1=O)c1ccccc1. The van der Waals surface area contributed by atoms with Crippen molar-refractivity contribution in [2.24, 2.45) is 0 Å². The fraction of sp³-hybridized carbons (Fsp3) is 0.174. The molecule has 0 saturated heterocycles. The number of carbonyl (C=O) groups excluding carboxylic acids is 1. The molecule has 2 aromatic carbocycles.